The highest BCUT2D eigenvalue weighted by Gasteiger charge is 2.16. The molecule has 0 radical (unpaired) electrons. The second-order valence-corrected chi connectivity index (χ2v) is 4.59. The Morgan fingerprint density at radius 3 is 2.33 bits per heavy atom. The lowest BCUT2D eigenvalue weighted by Gasteiger charge is -2.22. The molecule has 0 aliphatic heterocycles. The lowest BCUT2D eigenvalue weighted by atomic mass is 10.0. The Kier molecular flexibility index (Phi) is 7.96. The maximum atomic E-state index is 9.64. The maximum Gasteiger partial charge on any atom is 0.120 e. The Morgan fingerprint density at radius 1 is 1.27 bits per heavy atom. The number of hydrogen-bond donors (Lipinski definition) is 4. The van der Waals surface area contributed by atoms with Crippen LogP contribution in [-0.2, 0) is 0 Å². The van der Waals surface area contributed by atoms with Crippen LogP contribution >= 0.6 is 0 Å². The Hall–Kier alpha value is -0.160. The van der Waals surface area contributed by atoms with Crippen LogP contribution in [0.3, 0.4) is 0 Å². The van der Waals surface area contributed by atoms with Gasteiger partial charge in [-0.3, -0.25) is 5.32 Å². The fourth-order valence-corrected chi connectivity index (χ4v) is 1.52. The number of aliphatic hydroxyl groups excluding tert-OH is 2. The van der Waals surface area contributed by atoms with E-state index < -0.39 is 12.3 Å². The van der Waals surface area contributed by atoms with Gasteiger partial charge in [0.2, 0.25) is 0 Å². The SMILES string of the molecule is CCCC(O)CNC(O)C(N)CC(C)C. The van der Waals surface area contributed by atoms with E-state index in [1.807, 2.05) is 6.92 Å². The Bertz CT molecular complexity index is 154. The van der Waals surface area contributed by atoms with Crippen molar-refractivity contribution in [3.8, 4) is 0 Å². The Balaban J connectivity index is 3.67. The molecule has 4 heteroatoms. The molecule has 0 aromatic carbocycles. The first kappa shape index (κ1) is 14.8. The average Bonchev–Trinajstić information content (AvgIpc) is 2.13. The van der Waals surface area contributed by atoms with Gasteiger partial charge in [-0.2, -0.15) is 0 Å². The fourth-order valence-electron chi connectivity index (χ4n) is 1.52. The number of rotatable bonds is 8. The third-order valence-corrected chi connectivity index (χ3v) is 2.33. The largest absolute Gasteiger partial charge is 0.392 e. The van der Waals surface area contributed by atoms with Gasteiger partial charge in [-0.25, -0.2) is 0 Å². The lowest BCUT2D eigenvalue weighted by molar-refractivity contribution is 0.0748. The van der Waals surface area contributed by atoms with Crippen LogP contribution in [0.4, 0.5) is 0 Å². The normalized spacial score (nSPS) is 17.8. The predicted octanol–water partition coefficient (Wildman–Crippen LogP) is 0.429. The summed E-state index contributed by atoms with van der Waals surface area (Å²) >= 11 is 0. The summed E-state index contributed by atoms with van der Waals surface area (Å²) in [5.74, 6) is 0.469. The van der Waals surface area contributed by atoms with Gasteiger partial charge < -0.3 is 15.9 Å². The number of aliphatic hydroxyl groups is 2. The summed E-state index contributed by atoms with van der Waals surface area (Å²) in [6, 6.07) is -0.265. The molecule has 0 rings (SSSR count). The molecule has 0 aromatic rings. The standard InChI is InChI=1S/C11H26N2O2/c1-4-5-9(14)7-13-11(15)10(12)6-8(2)3/h8-11,13-15H,4-7,12H2,1-3H3. The molecule has 0 saturated heterocycles. The molecule has 4 nitrogen and oxygen atoms in total. The molecule has 3 atom stereocenters. The highest BCUT2D eigenvalue weighted by atomic mass is 16.3. The second kappa shape index (κ2) is 8.05. The summed E-state index contributed by atoms with van der Waals surface area (Å²) < 4.78 is 0. The Labute approximate surface area is 92.9 Å². The predicted molar refractivity (Wildman–Crippen MR) is 62.4 cm³/mol. The van der Waals surface area contributed by atoms with E-state index in [4.69, 9.17) is 5.73 Å². The summed E-state index contributed by atoms with van der Waals surface area (Å²) in [7, 11) is 0. The van der Waals surface area contributed by atoms with Crippen molar-refractivity contribution in [2.75, 3.05) is 6.54 Å². The van der Waals surface area contributed by atoms with Crippen LogP contribution < -0.4 is 11.1 Å². The third kappa shape index (κ3) is 7.73. The molecular formula is C11H26N2O2. The molecule has 3 unspecified atom stereocenters. The quantitative estimate of drug-likeness (QED) is 0.446. The second-order valence-electron chi connectivity index (χ2n) is 4.59. The van der Waals surface area contributed by atoms with E-state index in [2.05, 4.69) is 19.2 Å². The van der Waals surface area contributed by atoms with Gasteiger partial charge >= 0.3 is 0 Å². The van der Waals surface area contributed by atoms with Crippen molar-refractivity contribution in [2.24, 2.45) is 11.7 Å². The summed E-state index contributed by atoms with van der Waals surface area (Å²) in [4.78, 5) is 0. The topological polar surface area (TPSA) is 78.5 Å². The van der Waals surface area contributed by atoms with Crippen LogP contribution in [0, 0.1) is 5.92 Å². The third-order valence-electron chi connectivity index (χ3n) is 2.33. The summed E-state index contributed by atoms with van der Waals surface area (Å²) in [6.07, 6.45) is 1.35. The maximum absolute atomic E-state index is 9.64. The van der Waals surface area contributed by atoms with Gasteiger partial charge in [-0.15, -0.1) is 0 Å². The van der Waals surface area contributed by atoms with Gasteiger partial charge in [0.15, 0.2) is 0 Å². The highest BCUT2D eigenvalue weighted by Crippen LogP contribution is 2.05. The molecule has 0 spiro atoms. The van der Waals surface area contributed by atoms with Gasteiger partial charge in [0.05, 0.1) is 6.10 Å². The zero-order valence-corrected chi connectivity index (χ0v) is 10.1. The van der Waals surface area contributed by atoms with Gasteiger partial charge in [-0.1, -0.05) is 27.2 Å². The van der Waals surface area contributed by atoms with Crippen LogP contribution in [-0.4, -0.2) is 35.1 Å². The molecule has 0 aliphatic rings. The molecule has 0 heterocycles. The molecular weight excluding hydrogens is 192 g/mol. The van der Waals surface area contributed by atoms with Crippen molar-refractivity contribution < 1.29 is 10.2 Å². The molecule has 0 aliphatic carbocycles. The van der Waals surface area contributed by atoms with Crippen molar-refractivity contribution in [2.45, 2.75) is 58.4 Å². The first-order chi connectivity index (χ1) is 6.97. The molecule has 0 amide bonds. The number of nitrogens with two attached hydrogens (primary N) is 1. The van der Waals surface area contributed by atoms with E-state index >= 15 is 0 Å². The van der Waals surface area contributed by atoms with Crippen LogP contribution in [0.25, 0.3) is 0 Å². The van der Waals surface area contributed by atoms with Crippen molar-refractivity contribution in [3.05, 3.63) is 0 Å². The summed E-state index contributed by atoms with van der Waals surface area (Å²) in [6.45, 7) is 6.56. The molecule has 0 bridgehead atoms. The number of hydrogen-bond acceptors (Lipinski definition) is 4. The van der Waals surface area contributed by atoms with E-state index in [1.165, 1.54) is 0 Å². The minimum atomic E-state index is -0.723. The molecule has 0 aromatic heterocycles. The van der Waals surface area contributed by atoms with Crippen molar-refractivity contribution in [1.82, 2.24) is 5.32 Å². The van der Waals surface area contributed by atoms with E-state index in [1.54, 1.807) is 0 Å². The van der Waals surface area contributed by atoms with Crippen LogP contribution in [0.1, 0.15) is 40.0 Å². The molecule has 0 fully saturated rings. The zero-order chi connectivity index (χ0) is 11.8. The van der Waals surface area contributed by atoms with Gasteiger partial charge in [0, 0.05) is 12.6 Å². The monoisotopic (exact) mass is 218 g/mol. The lowest BCUT2D eigenvalue weighted by Crippen LogP contribution is -2.47. The highest BCUT2D eigenvalue weighted by molar-refractivity contribution is 4.72. The van der Waals surface area contributed by atoms with E-state index in [0.29, 0.717) is 12.5 Å². The van der Waals surface area contributed by atoms with Crippen LogP contribution in [0.2, 0.25) is 0 Å². The van der Waals surface area contributed by atoms with Gasteiger partial charge in [-0.05, 0) is 18.8 Å². The molecule has 15 heavy (non-hydrogen) atoms. The van der Waals surface area contributed by atoms with E-state index in [0.717, 1.165) is 19.3 Å². The number of nitrogens with one attached hydrogen (secondary N) is 1. The summed E-state index contributed by atoms with van der Waals surface area (Å²) in [5, 5.41) is 21.9. The molecule has 5 N–H and O–H groups in total. The van der Waals surface area contributed by atoms with Gasteiger partial charge in [0.25, 0.3) is 0 Å². The molecule has 0 saturated carbocycles. The average molecular weight is 218 g/mol. The molecule has 92 valence electrons. The Morgan fingerprint density at radius 2 is 1.87 bits per heavy atom. The van der Waals surface area contributed by atoms with Gasteiger partial charge in [0.1, 0.15) is 6.23 Å². The minimum Gasteiger partial charge on any atom is -0.392 e. The smallest absolute Gasteiger partial charge is 0.120 e. The van der Waals surface area contributed by atoms with Crippen molar-refractivity contribution in [1.29, 1.82) is 0 Å². The van der Waals surface area contributed by atoms with E-state index in [-0.39, 0.29) is 6.04 Å². The zero-order valence-electron chi connectivity index (χ0n) is 10.1. The first-order valence-corrected chi connectivity index (χ1v) is 5.82. The van der Waals surface area contributed by atoms with Crippen LogP contribution in [0.5, 0.6) is 0 Å². The van der Waals surface area contributed by atoms with Crippen LogP contribution in [0.15, 0.2) is 0 Å². The van der Waals surface area contributed by atoms with Crippen molar-refractivity contribution in [3.63, 3.8) is 0 Å². The first-order valence-electron chi connectivity index (χ1n) is 5.82. The summed E-state index contributed by atoms with van der Waals surface area (Å²) in [5.41, 5.74) is 5.78. The van der Waals surface area contributed by atoms with E-state index in [9.17, 15) is 10.2 Å². The minimum absolute atomic E-state index is 0.265. The fraction of sp³-hybridized carbons (Fsp3) is 1.00. The van der Waals surface area contributed by atoms with Crippen molar-refractivity contribution >= 4 is 0 Å².